The first-order chi connectivity index (χ1) is 20.8. The summed E-state index contributed by atoms with van der Waals surface area (Å²) in [6.45, 7) is 0. The minimum absolute atomic E-state index is 0.0728. The van der Waals surface area contributed by atoms with E-state index in [2.05, 4.69) is 15.6 Å². The number of thiazole rings is 1. The molecule has 0 spiro atoms. The van der Waals surface area contributed by atoms with Crippen molar-refractivity contribution in [1.82, 2.24) is 15.6 Å². The molecule has 0 bridgehead atoms. The van der Waals surface area contributed by atoms with E-state index in [4.69, 9.17) is 16.2 Å². The fourth-order valence-electron chi connectivity index (χ4n) is 4.24. The van der Waals surface area contributed by atoms with Crippen LogP contribution in [0.4, 0.5) is 10.5 Å². The van der Waals surface area contributed by atoms with Gasteiger partial charge in [0.05, 0.1) is 22.3 Å². The number of amides is 2. The lowest BCUT2D eigenvalue weighted by molar-refractivity contribution is -0.123. The summed E-state index contributed by atoms with van der Waals surface area (Å²) in [6.07, 6.45) is -1.18. The maximum Gasteiger partial charge on any atom is 0.405 e. The molecule has 232 valence electrons. The normalized spacial score (nSPS) is 13.0. The van der Waals surface area contributed by atoms with Gasteiger partial charge in [-0.05, 0) is 53.9 Å². The number of nitrogens with one attached hydrogen (secondary N) is 3. The van der Waals surface area contributed by atoms with Crippen molar-refractivity contribution in [2.75, 3.05) is 4.72 Å². The maximum atomic E-state index is 13.4. The Hall–Kier alpha value is -4.02. The summed E-state index contributed by atoms with van der Waals surface area (Å²) in [4.78, 5) is 29.5. The summed E-state index contributed by atoms with van der Waals surface area (Å²) in [5, 5.41) is 16.8. The topological polar surface area (TPSA) is 192 Å². The molecule has 0 saturated heterocycles. The quantitative estimate of drug-likeness (QED) is 0.129. The van der Waals surface area contributed by atoms with Gasteiger partial charge in [0.2, 0.25) is 5.91 Å². The predicted molar refractivity (Wildman–Crippen MR) is 166 cm³/mol. The van der Waals surface area contributed by atoms with Crippen LogP contribution in [0.2, 0.25) is 5.02 Å². The number of rotatable bonds is 13. The van der Waals surface area contributed by atoms with E-state index in [1.54, 1.807) is 47.8 Å². The number of anilines is 1. The number of nitrogens with zero attached hydrogens (tertiary/aromatic N) is 1. The number of sulfone groups is 1. The van der Waals surface area contributed by atoms with Gasteiger partial charge in [-0.3, -0.25) is 14.1 Å². The van der Waals surface area contributed by atoms with Crippen LogP contribution in [-0.2, 0) is 43.5 Å². The van der Waals surface area contributed by atoms with E-state index in [9.17, 15) is 31.5 Å². The number of hydrogen-bond acceptors (Lipinski definition) is 8. The zero-order valence-corrected chi connectivity index (χ0v) is 26.0. The smallest absolute Gasteiger partial charge is 0.405 e. The lowest BCUT2D eigenvalue weighted by Gasteiger charge is -2.22. The molecule has 0 unspecified atom stereocenters. The molecule has 12 nitrogen and oxygen atoms in total. The van der Waals surface area contributed by atoms with Crippen LogP contribution in [-0.4, -0.2) is 49.5 Å². The molecule has 2 atom stereocenters. The Bertz CT molecular complexity index is 1820. The van der Waals surface area contributed by atoms with Crippen molar-refractivity contribution in [2.45, 2.75) is 35.6 Å². The fraction of sp³-hybridized carbons (Fsp3) is 0.179. The van der Waals surface area contributed by atoms with Gasteiger partial charge in [-0.25, -0.2) is 18.2 Å². The van der Waals surface area contributed by atoms with Crippen molar-refractivity contribution in [1.29, 1.82) is 0 Å². The Balaban J connectivity index is 1.60. The molecule has 5 N–H and O–H groups in total. The van der Waals surface area contributed by atoms with Crippen molar-refractivity contribution in [3.8, 4) is 0 Å². The number of halogens is 1. The summed E-state index contributed by atoms with van der Waals surface area (Å²) in [7, 11) is -8.23. The molecule has 3 aromatic carbocycles. The Morgan fingerprint density at radius 3 is 2.11 bits per heavy atom. The number of carbonyl (C=O) groups excluding carboxylic acids is 1. The molecular formula is C28H27ClN4O8S3. The van der Waals surface area contributed by atoms with E-state index in [1.807, 2.05) is 4.72 Å². The first-order valence-corrected chi connectivity index (χ1v) is 17.2. The lowest BCUT2D eigenvalue weighted by atomic mass is 10.0. The van der Waals surface area contributed by atoms with Crippen LogP contribution in [0.5, 0.6) is 0 Å². The van der Waals surface area contributed by atoms with Gasteiger partial charge in [-0.1, -0.05) is 54.1 Å². The third-order valence-electron chi connectivity index (χ3n) is 6.27. The molecule has 16 heteroatoms. The van der Waals surface area contributed by atoms with Crippen LogP contribution < -0.4 is 15.4 Å². The molecule has 0 aliphatic rings. The predicted octanol–water partition coefficient (Wildman–Crippen LogP) is 4.26. The van der Waals surface area contributed by atoms with E-state index in [-0.39, 0.29) is 28.4 Å². The van der Waals surface area contributed by atoms with Crippen LogP contribution in [0.3, 0.4) is 0 Å². The Kier molecular flexibility index (Phi) is 10.6. The van der Waals surface area contributed by atoms with Crippen molar-refractivity contribution in [3.05, 3.63) is 111 Å². The van der Waals surface area contributed by atoms with Gasteiger partial charge in [0, 0.05) is 16.8 Å². The lowest BCUT2D eigenvalue weighted by Crippen LogP contribution is -2.48. The van der Waals surface area contributed by atoms with E-state index >= 15 is 0 Å². The second-order valence-corrected chi connectivity index (χ2v) is 14.1. The number of aromatic nitrogens is 1. The second kappa shape index (κ2) is 14.2. The van der Waals surface area contributed by atoms with Crippen LogP contribution in [0.25, 0.3) is 0 Å². The molecule has 0 fully saturated rings. The highest BCUT2D eigenvalue weighted by Gasteiger charge is 2.27. The first kappa shape index (κ1) is 32.9. The number of hydrogen-bond donors (Lipinski definition) is 5. The first-order valence-electron chi connectivity index (χ1n) is 12.9. The summed E-state index contributed by atoms with van der Waals surface area (Å²) in [5.41, 5.74) is 1.81. The molecule has 0 radical (unpaired) electrons. The van der Waals surface area contributed by atoms with E-state index < -0.39 is 50.0 Å². The van der Waals surface area contributed by atoms with Gasteiger partial charge < -0.3 is 15.7 Å². The third-order valence-corrected chi connectivity index (χ3v) is 9.71. The van der Waals surface area contributed by atoms with Gasteiger partial charge in [-0.15, -0.1) is 11.3 Å². The van der Waals surface area contributed by atoms with Crippen LogP contribution in [0.1, 0.15) is 27.9 Å². The van der Waals surface area contributed by atoms with Crippen molar-refractivity contribution in [3.63, 3.8) is 0 Å². The van der Waals surface area contributed by atoms with Crippen LogP contribution >= 0.6 is 22.9 Å². The fourth-order valence-corrected chi connectivity index (χ4v) is 7.28. The Morgan fingerprint density at radius 2 is 1.50 bits per heavy atom. The molecule has 4 aromatic rings. The van der Waals surface area contributed by atoms with Gasteiger partial charge in [0.1, 0.15) is 16.8 Å². The van der Waals surface area contributed by atoms with Crippen molar-refractivity contribution >= 4 is 60.8 Å². The highest BCUT2D eigenvalue weighted by molar-refractivity contribution is 7.90. The van der Waals surface area contributed by atoms with Gasteiger partial charge in [0.25, 0.3) is 0 Å². The molecule has 4 rings (SSSR count). The standard InChI is InChI=1S/C28H27ClN4O8S3/c29-20-8-12-22(13-9-20)43(37,38)17-26-30-25(16-42-26)23(14-19-6-10-21(11-7-19)33-44(39,40)41)31-27(34)24(32-28(35)36)15-18-4-2-1-3-5-18/h1-13,16,23-24,32-33H,14-15,17H2,(H,31,34)(H,35,36)(H,39,40,41)/t23-,24-/m0/s1. The van der Waals surface area contributed by atoms with Gasteiger partial charge in [-0.2, -0.15) is 8.42 Å². The summed E-state index contributed by atoms with van der Waals surface area (Å²) < 4.78 is 59.2. The third kappa shape index (κ3) is 9.75. The number of carboxylic acid groups (broad SMARTS) is 1. The molecule has 44 heavy (non-hydrogen) atoms. The SMILES string of the molecule is O=C(O)N[C@@H](Cc1ccccc1)C(=O)N[C@@H](Cc1ccc(NS(=O)(=O)O)cc1)c1csc(CS(=O)(=O)c2ccc(Cl)cc2)n1. The minimum atomic E-state index is -4.48. The Morgan fingerprint density at radius 1 is 0.864 bits per heavy atom. The number of benzene rings is 3. The highest BCUT2D eigenvalue weighted by atomic mass is 35.5. The van der Waals surface area contributed by atoms with Gasteiger partial charge >= 0.3 is 16.4 Å². The zero-order valence-electron chi connectivity index (χ0n) is 22.8. The molecule has 1 aromatic heterocycles. The summed E-state index contributed by atoms with van der Waals surface area (Å²) in [6, 6.07) is 18.6. The molecule has 0 saturated carbocycles. The minimum Gasteiger partial charge on any atom is -0.465 e. The molecular weight excluding hydrogens is 652 g/mol. The zero-order chi connectivity index (χ0) is 31.9. The van der Waals surface area contributed by atoms with Crippen LogP contribution in [0.15, 0.2) is 89.1 Å². The largest absolute Gasteiger partial charge is 0.465 e. The van der Waals surface area contributed by atoms with E-state index in [1.165, 1.54) is 36.4 Å². The molecule has 0 aliphatic carbocycles. The van der Waals surface area contributed by atoms with E-state index in [0.29, 0.717) is 16.3 Å². The second-order valence-electron chi connectivity index (χ2n) is 9.61. The van der Waals surface area contributed by atoms with E-state index in [0.717, 1.165) is 16.9 Å². The van der Waals surface area contributed by atoms with Crippen molar-refractivity contribution in [2.24, 2.45) is 0 Å². The molecule has 1 heterocycles. The van der Waals surface area contributed by atoms with Crippen molar-refractivity contribution < 1.29 is 36.1 Å². The molecule has 0 aliphatic heterocycles. The average molecular weight is 679 g/mol. The maximum absolute atomic E-state index is 13.4. The monoisotopic (exact) mass is 678 g/mol. The number of carbonyl (C=O) groups is 2. The highest BCUT2D eigenvalue weighted by Crippen LogP contribution is 2.26. The van der Waals surface area contributed by atoms with Crippen LogP contribution in [0, 0.1) is 0 Å². The van der Waals surface area contributed by atoms with Gasteiger partial charge in [0.15, 0.2) is 9.84 Å². The molecule has 2 amide bonds. The average Bonchev–Trinajstić information content (AvgIpc) is 3.41. The summed E-state index contributed by atoms with van der Waals surface area (Å²) in [5.74, 6) is -1.03. The summed E-state index contributed by atoms with van der Waals surface area (Å²) >= 11 is 6.97. The Labute approximate surface area is 262 Å².